The molecular weight excluding hydrogens is 347 g/mol. The third kappa shape index (κ3) is 4.28. The number of nitrogens with one attached hydrogen (secondary N) is 1. The average molecular weight is 356 g/mol. The molecule has 2 aromatic carbocycles. The predicted octanol–water partition coefficient (Wildman–Crippen LogP) is 4.54. The summed E-state index contributed by atoms with van der Waals surface area (Å²) in [6.07, 6.45) is 0. The van der Waals surface area contributed by atoms with E-state index in [0.717, 1.165) is 0 Å². The molecule has 0 aromatic heterocycles. The van der Waals surface area contributed by atoms with Gasteiger partial charge in [-0.05, 0) is 30.3 Å². The largest absolute Gasteiger partial charge is 0.484 e. The van der Waals surface area contributed by atoms with Crippen LogP contribution in [-0.2, 0) is 4.79 Å². The molecule has 1 amide bonds. The SMILES string of the molecule is N#Cc1cccc(OCC(=O)Nc2c(Cl)cc(Cl)cc2Cl)c1. The van der Waals surface area contributed by atoms with Gasteiger partial charge in [-0.3, -0.25) is 4.79 Å². The lowest BCUT2D eigenvalue weighted by Gasteiger charge is -2.10. The lowest BCUT2D eigenvalue weighted by Crippen LogP contribution is -2.20. The van der Waals surface area contributed by atoms with Crippen molar-refractivity contribution in [3.8, 4) is 11.8 Å². The van der Waals surface area contributed by atoms with Gasteiger partial charge in [-0.15, -0.1) is 0 Å². The number of carbonyl (C=O) groups is 1. The number of rotatable bonds is 4. The van der Waals surface area contributed by atoms with E-state index in [1.54, 1.807) is 18.2 Å². The standard InChI is InChI=1S/C15H9Cl3N2O2/c16-10-5-12(17)15(13(18)6-10)20-14(21)8-22-11-3-1-2-9(4-11)7-19/h1-6H,8H2,(H,20,21). The van der Waals surface area contributed by atoms with Gasteiger partial charge < -0.3 is 10.1 Å². The molecular formula is C15H9Cl3N2O2. The van der Waals surface area contributed by atoms with Crippen molar-refractivity contribution in [2.75, 3.05) is 11.9 Å². The molecule has 0 bridgehead atoms. The second-order valence-electron chi connectivity index (χ2n) is 4.22. The Morgan fingerprint density at radius 2 is 1.86 bits per heavy atom. The van der Waals surface area contributed by atoms with Crippen LogP contribution in [0.3, 0.4) is 0 Å². The molecule has 7 heteroatoms. The zero-order chi connectivity index (χ0) is 16.1. The first-order chi connectivity index (χ1) is 10.5. The highest BCUT2D eigenvalue weighted by molar-refractivity contribution is 6.42. The number of carbonyl (C=O) groups excluding carboxylic acids is 1. The molecule has 0 radical (unpaired) electrons. The Labute approximate surface area is 142 Å². The van der Waals surface area contributed by atoms with Gasteiger partial charge in [0, 0.05) is 5.02 Å². The monoisotopic (exact) mass is 354 g/mol. The van der Waals surface area contributed by atoms with Gasteiger partial charge in [0.25, 0.3) is 5.91 Å². The maximum Gasteiger partial charge on any atom is 0.262 e. The van der Waals surface area contributed by atoms with Crippen LogP contribution >= 0.6 is 34.8 Å². The van der Waals surface area contributed by atoms with Gasteiger partial charge in [0.1, 0.15) is 5.75 Å². The molecule has 0 saturated heterocycles. The number of hydrogen-bond donors (Lipinski definition) is 1. The predicted molar refractivity (Wildman–Crippen MR) is 86.8 cm³/mol. The van der Waals surface area contributed by atoms with Crippen molar-refractivity contribution >= 4 is 46.4 Å². The fourth-order valence-electron chi connectivity index (χ4n) is 1.64. The molecule has 0 fully saturated rings. The van der Waals surface area contributed by atoms with Crippen LogP contribution < -0.4 is 10.1 Å². The molecule has 4 nitrogen and oxygen atoms in total. The summed E-state index contributed by atoms with van der Waals surface area (Å²) < 4.78 is 5.31. The van der Waals surface area contributed by atoms with Gasteiger partial charge in [-0.1, -0.05) is 40.9 Å². The summed E-state index contributed by atoms with van der Waals surface area (Å²) in [5.41, 5.74) is 0.716. The molecule has 0 spiro atoms. The lowest BCUT2D eigenvalue weighted by atomic mass is 10.2. The van der Waals surface area contributed by atoms with Crippen molar-refractivity contribution in [3.05, 3.63) is 57.0 Å². The van der Waals surface area contributed by atoms with Gasteiger partial charge >= 0.3 is 0 Å². The topological polar surface area (TPSA) is 62.1 Å². The molecule has 0 unspecified atom stereocenters. The number of halogens is 3. The van der Waals surface area contributed by atoms with Crippen LogP contribution in [0.15, 0.2) is 36.4 Å². The van der Waals surface area contributed by atoms with Gasteiger partial charge in [0.15, 0.2) is 6.61 Å². The number of hydrogen-bond acceptors (Lipinski definition) is 3. The Morgan fingerprint density at radius 1 is 1.18 bits per heavy atom. The van der Waals surface area contributed by atoms with E-state index < -0.39 is 5.91 Å². The van der Waals surface area contributed by atoms with E-state index in [0.29, 0.717) is 16.3 Å². The fourth-order valence-corrected chi connectivity index (χ4v) is 2.55. The number of nitriles is 1. The zero-order valence-corrected chi connectivity index (χ0v) is 13.3. The summed E-state index contributed by atoms with van der Waals surface area (Å²) >= 11 is 17.7. The van der Waals surface area contributed by atoms with Gasteiger partial charge in [0.05, 0.1) is 27.4 Å². The van der Waals surface area contributed by atoms with E-state index in [-0.39, 0.29) is 22.3 Å². The Hall–Kier alpha value is -1.93. The van der Waals surface area contributed by atoms with Crippen molar-refractivity contribution in [3.63, 3.8) is 0 Å². The van der Waals surface area contributed by atoms with Gasteiger partial charge in [-0.25, -0.2) is 0 Å². The highest BCUT2D eigenvalue weighted by Crippen LogP contribution is 2.33. The molecule has 2 aromatic rings. The first-order valence-electron chi connectivity index (χ1n) is 6.07. The van der Waals surface area contributed by atoms with Gasteiger partial charge in [0.2, 0.25) is 0 Å². The summed E-state index contributed by atoms with van der Waals surface area (Å²) in [4.78, 5) is 11.9. The third-order valence-electron chi connectivity index (χ3n) is 2.60. The summed E-state index contributed by atoms with van der Waals surface area (Å²) in [5, 5.41) is 12.2. The molecule has 0 saturated carbocycles. The minimum atomic E-state index is -0.437. The number of benzene rings is 2. The van der Waals surface area contributed by atoms with Crippen molar-refractivity contribution in [1.29, 1.82) is 5.26 Å². The van der Waals surface area contributed by atoms with Crippen molar-refractivity contribution < 1.29 is 9.53 Å². The smallest absolute Gasteiger partial charge is 0.262 e. The average Bonchev–Trinajstić information content (AvgIpc) is 2.49. The quantitative estimate of drug-likeness (QED) is 0.876. The highest BCUT2D eigenvalue weighted by atomic mass is 35.5. The molecule has 0 aliphatic heterocycles. The minimum Gasteiger partial charge on any atom is -0.484 e. The number of nitrogens with zero attached hydrogens (tertiary/aromatic N) is 1. The van der Waals surface area contributed by atoms with Crippen LogP contribution in [0, 0.1) is 11.3 Å². The van der Waals surface area contributed by atoms with Crippen molar-refractivity contribution in [2.24, 2.45) is 0 Å². The molecule has 0 aliphatic rings. The second kappa shape index (κ2) is 7.37. The van der Waals surface area contributed by atoms with Gasteiger partial charge in [-0.2, -0.15) is 5.26 Å². The van der Waals surface area contributed by atoms with E-state index >= 15 is 0 Å². The highest BCUT2D eigenvalue weighted by Gasteiger charge is 2.12. The summed E-state index contributed by atoms with van der Waals surface area (Å²) in [5.74, 6) is -0.0176. The van der Waals surface area contributed by atoms with E-state index in [1.807, 2.05) is 6.07 Å². The Kier molecular flexibility index (Phi) is 5.51. The normalized spacial score (nSPS) is 9.91. The van der Waals surface area contributed by atoms with Crippen molar-refractivity contribution in [2.45, 2.75) is 0 Å². The first kappa shape index (κ1) is 16.4. The van der Waals surface area contributed by atoms with Crippen LogP contribution in [0.2, 0.25) is 15.1 Å². The van der Waals surface area contributed by atoms with Crippen LogP contribution in [-0.4, -0.2) is 12.5 Å². The Bertz CT molecular complexity index is 734. The zero-order valence-electron chi connectivity index (χ0n) is 11.1. The molecule has 0 aliphatic carbocycles. The van der Waals surface area contributed by atoms with Crippen molar-refractivity contribution in [1.82, 2.24) is 0 Å². The van der Waals surface area contributed by atoms with E-state index in [9.17, 15) is 4.79 Å². The lowest BCUT2D eigenvalue weighted by molar-refractivity contribution is -0.118. The molecule has 22 heavy (non-hydrogen) atoms. The summed E-state index contributed by atoms with van der Waals surface area (Å²) in [7, 11) is 0. The van der Waals surface area contributed by atoms with Crippen LogP contribution in [0.4, 0.5) is 5.69 Å². The van der Waals surface area contributed by atoms with E-state index in [1.165, 1.54) is 18.2 Å². The maximum atomic E-state index is 11.9. The third-order valence-corrected chi connectivity index (χ3v) is 3.42. The number of anilines is 1. The maximum absolute atomic E-state index is 11.9. The number of ether oxygens (including phenoxy) is 1. The minimum absolute atomic E-state index is 0.234. The van der Waals surface area contributed by atoms with Crippen LogP contribution in [0.1, 0.15) is 5.56 Å². The summed E-state index contributed by atoms with van der Waals surface area (Å²) in [6.45, 7) is -0.246. The first-order valence-corrected chi connectivity index (χ1v) is 7.20. The molecule has 0 atom stereocenters. The molecule has 0 heterocycles. The van der Waals surface area contributed by atoms with E-state index in [4.69, 9.17) is 44.8 Å². The number of amides is 1. The molecule has 2 rings (SSSR count). The van der Waals surface area contributed by atoms with E-state index in [2.05, 4.69) is 5.32 Å². The second-order valence-corrected chi connectivity index (χ2v) is 5.47. The molecule has 1 N–H and O–H groups in total. The van der Waals surface area contributed by atoms with Crippen LogP contribution in [0.5, 0.6) is 5.75 Å². The molecule has 112 valence electrons. The van der Waals surface area contributed by atoms with Crippen LogP contribution in [0.25, 0.3) is 0 Å². The Balaban J connectivity index is 2.00. The summed E-state index contributed by atoms with van der Waals surface area (Å²) in [6, 6.07) is 11.4. The fraction of sp³-hybridized carbons (Fsp3) is 0.0667. The Morgan fingerprint density at radius 3 is 2.50 bits per heavy atom.